The van der Waals surface area contributed by atoms with Crippen molar-refractivity contribution in [2.24, 2.45) is 0 Å². The molecule has 6 nitrogen and oxygen atoms in total. The number of esters is 3. The quantitative estimate of drug-likeness (QED) is 0.0268. The molecule has 0 atom stereocenters. The third kappa shape index (κ3) is 40.9. The molecule has 0 aliphatic carbocycles. The van der Waals surface area contributed by atoms with Crippen molar-refractivity contribution in [3.8, 4) is 0 Å². The fraction of sp³-hybridized carbons (Fsp3) is 0.851. The smallest absolute Gasteiger partial charge is 0.306 e. The van der Waals surface area contributed by atoms with Crippen molar-refractivity contribution in [1.29, 1.82) is 0 Å². The standard InChI is InChI=1S/C47H86O6/c1-4-7-10-13-16-17-18-25-34-41-47(50)53-44(37-30-23-21-26-32-39-45(48)51-42-35-28-19-14-11-8-5-2)38-31-24-22-27-33-40-46(49)52-43-36-29-20-15-12-9-6-3/h28-29,35-36,44H,4-27,30-34,37-43H2,1-3H3/b35-28-,36-29-. The lowest BCUT2D eigenvalue weighted by Crippen LogP contribution is -2.18. The molecule has 0 heterocycles. The first-order valence-electron chi connectivity index (χ1n) is 22.8. The third-order valence-electron chi connectivity index (χ3n) is 10.1. The summed E-state index contributed by atoms with van der Waals surface area (Å²) >= 11 is 0. The van der Waals surface area contributed by atoms with E-state index in [9.17, 15) is 14.4 Å². The van der Waals surface area contributed by atoms with E-state index in [1.807, 2.05) is 12.2 Å². The van der Waals surface area contributed by atoms with Gasteiger partial charge in [0.05, 0.1) is 0 Å². The highest BCUT2D eigenvalue weighted by molar-refractivity contribution is 5.70. The number of hydrogen-bond acceptors (Lipinski definition) is 6. The van der Waals surface area contributed by atoms with E-state index in [0.29, 0.717) is 32.5 Å². The second-order valence-electron chi connectivity index (χ2n) is 15.3. The van der Waals surface area contributed by atoms with Gasteiger partial charge in [0.1, 0.15) is 19.3 Å². The topological polar surface area (TPSA) is 78.9 Å². The summed E-state index contributed by atoms with van der Waals surface area (Å²) in [5.74, 6) is -0.237. The number of carbonyl (C=O) groups is 3. The highest BCUT2D eigenvalue weighted by Gasteiger charge is 2.14. The molecule has 0 saturated heterocycles. The minimum Gasteiger partial charge on any atom is -0.462 e. The Hall–Kier alpha value is -2.11. The van der Waals surface area contributed by atoms with Crippen LogP contribution in [0.1, 0.15) is 239 Å². The van der Waals surface area contributed by atoms with Crippen LogP contribution in [-0.2, 0) is 28.6 Å². The van der Waals surface area contributed by atoms with Crippen LogP contribution in [0.15, 0.2) is 24.3 Å². The number of unbranched alkanes of at least 4 members (excludes halogenated alkanes) is 24. The lowest BCUT2D eigenvalue weighted by Gasteiger charge is -2.18. The maximum Gasteiger partial charge on any atom is 0.306 e. The molecule has 6 heteroatoms. The van der Waals surface area contributed by atoms with E-state index in [0.717, 1.165) is 103 Å². The molecule has 0 aliphatic rings. The van der Waals surface area contributed by atoms with Gasteiger partial charge in [0.15, 0.2) is 0 Å². The van der Waals surface area contributed by atoms with Crippen molar-refractivity contribution in [1.82, 2.24) is 0 Å². The minimum atomic E-state index is -0.101. The maximum atomic E-state index is 12.7. The van der Waals surface area contributed by atoms with Crippen molar-refractivity contribution in [3.63, 3.8) is 0 Å². The average molecular weight is 747 g/mol. The molecular formula is C47H86O6. The van der Waals surface area contributed by atoms with Gasteiger partial charge in [-0.15, -0.1) is 0 Å². The monoisotopic (exact) mass is 747 g/mol. The average Bonchev–Trinajstić information content (AvgIpc) is 3.15. The molecule has 0 aromatic rings. The van der Waals surface area contributed by atoms with Crippen LogP contribution in [0.2, 0.25) is 0 Å². The van der Waals surface area contributed by atoms with Gasteiger partial charge >= 0.3 is 17.9 Å². The molecular weight excluding hydrogens is 661 g/mol. The largest absolute Gasteiger partial charge is 0.462 e. The van der Waals surface area contributed by atoms with Crippen LogP contribution in [0.4, 0.5) is 0 Å². The Bertz CT molecular complexity index is 813. The van der Waals surface area contributed by atoms with Crippen molar-refractivity contribution in [2.75, 3.05) is 13.2 Å². The van der Waals surface area contributed by atoms with Crippen LogP contribution in [0.3, 0.4) is 0 Å². The fourth-order valence-electron chi connectivity index (χ4n) is 6.61. The highest BCUT2D eigenvalue weighted by Crippen LogP contribution is 2.19. The molecule has 0 aliphatic heterocycles. The second kappa shape index (κ2) is 42.6. The van der Waals surface area contributed by atoms with Gasteiger partial charge in [-0.1, -0.05) is 173 Å². The predicted molar refractivity (Wildman–Crippen MR) is 224 cm³/mol. The molecule has 0 rings (SSSR count). The van der Waals surface area contributed by atoms with E-state index in [4.69, 9.17) is 14.2 Å². The summed E-state index contributed by atoms with van der Waals surface area (Å²) in [4.78, 5) is 36.8. The van der Waals surface area contributed by atoms with E-state index in [-0.39, 0.29) is 24.0 Å². The zero-order valence-corrected chi connectivity index (χ0v) is 35.3. The zero-order valence-electron chi connectivity index (χ0n) is 35.3. The molecule has 0 saturated carbocycles. The van der Waals surface area contributed by atoms with Gasteiger partial charge in [0.25, 0.3) is 0 Å². The first kappa shape index (κ1) is 50.9. The summed E-state index contributed by atoms with van der Waals surface area (Å²) in [5, 5.41) is 0. The maximum absolute atomic E-state index is 12.7. The van der Waals surface area contributed by atoms with E-state index in [2.05, 4.69) is 32.9 Å². The predicted octanol–water partition coefficient (Wildman–Crippen LogP) is 14.4. The zero-order chi connectivity index (χ0) is 38.7. The fourth-order valence-corrected chi connectivity index (χ4v) is 6.61. The van der Waals surface area contributed by atoms with Crippen molar-refractivity contribution < 1.29 is 28.6 Å². The lowest BCUT2D eigenvalue weighted by molar-refractivity contribution is -0.150. The number of hydrogen-bond donors (Lipinski definition) is 0. The number of rotatable bonds is 41. The van der Waals surface area contributed by atoms with Gasteiger partial charge in [0, 0.05) is 19.3 Å². The number of ether oxygens (including phenoxy) is 3. The van der Waals surface area contributed by atoms with E-state index >= 15 is 0 Å². The summed E-state index contributed by atoms with van der Waals surface area (Å²) < 4.78 is 16.7. The third-order valence-corrected chi connectivity index (χ3v) is 10.1. The molecule has 0 aromatic carbocycles. The minimum absolute atomic E-state index is 0.00887. The Morgan fingerprint density at radius 1 is 0.377 bits per heavy atom. The molecule has 0 radical (unpaired) electrons. The lowest BCUT2D eigenvalue weighted by atomic mass is 10.0. The van der Waals surface area contributed by atoms with Gasteiger partial charge in [0.2, 0.25) is 0 Å². The van der Waals surface area contributed by atoms with Gasteiger partial charge in [-0.05, 0) is 70.6 Å². The number of allylic oxidation sites excluding steroid dienone is 2. The first-order valence-corrected chi connectivity index (χ1v) is 22.8. The molecule has 0 N–H and O–H groups in total. The van der Waals surface area contributed by atoms with Crippen molar-refractivity contribution in [3.05, 3.63) is 24.3 Å². The highest BCUT2D eigenvalue weighted by atomic mass is 16.5. The summed E-state index contributed by atoms with van der Waals surface area (Å²) in [6.07, 6.45) is 45.0. The van der Waals surface area contributed by atoms with Crippen LogP contribution in [-0.4, -0.2) is 37.2 Å². The van der Waals surface area contributed by atoms with Crippen LogP contribution < -0.4 is 0 Å². The molecule has 0 amide bonds. The summed E-state index contributed by atoms with van der Waals surface area (Å²) in [5.41, 5.74) is 0. The van der Waals surface area contributed by atoms with E-state index < -0.39 is 0 Å². The molecule has 310 valence electrons. The van der Waals surface area contributed by atoms with Crippen molar-refractivity contribution in [2.45, 2.75) is 245 Å². The summed E-state index contributed by atoms with van der Waals surface area (Å²) in [6, 6.07) is 0. The van der Waals surface area contributed by atoms with Crippen LogP contribution in [0, 0.1) is 0 Å². The second-order valence-corrected chi connectivity index (χ2v) is 15.3. The van der Waals surface area contributed by atoms with E-state index in [1.54, 1.807) is 0 Å². The van der Waals surface area contributed by atoms with Crippen LogP contribution in [0.25, 0.3) is 0 Å². The summed E-state index contributed by atoms with van der Waals surface area (Å²) in [7, 11) is 0. The van der Waals surface area contributed by atoms with Gasteiger partial charge < -0.3 is 14.2 Å². The first-order chi connectivity index (χ1) is 26.0. The molecule has 0 fully saturated rings. The Labute approximate surface area is 328 Å². The van der Waals surface area contributed by atoms with Gasteiger partial charge in [-0.25, -0.2) is 0 Å². The van der Waals surface area contributed by atoms with Gasteiger partial charge in [-0.2, -0.15) is 0 Å². The van der Waals surface area contributed by atoms with Gasteiger partial charge in [-0.3, -0.25) is 14.4 Å². The molecule has 53 heavy (non-hydrogen) atoms. The van der Waals surface area contributed by atoms with Crippen LogP contribution in [0.5, 0.6) is 0 Å². The molecule has 0 spiro atoms. The Balaban J connectivity index is 4.26. The Morgan fingerprint density at radius 2 is 0.698 bits per heavy atom. The number of carbonyl (C=O) groups excluding carboxylic acids is 3. The molecule has 0 aromatic heterocycles. The Kier molecular flexibility index (Phi) is 40.9. The molecule has 0 bridgehead atoms. The Morgan fingerprint density at radius 3 is 1.09 bits per heavy atom. The van der Waals surface area contributed by atoms with E-state index in [1.165, 1.54) is 96.3 Å². The normalized spacial score (nSPS) is 11.6. The van der Waals surface area contributed by atoms with Crippen LogP contribution >= 0.6 is 0 Å². The SMILES string of the molecule is CCCCCC/C=C\COC(=O)CCCCCCCC(CCCCCCCC(=O)OC/C=C\CCCCCC)OC(=O)CCCCCCCCCCC. The molecule has 0 unspecified atom stereocenters. The van der Waals surface area contributed by atoms with Crippen molar-refractivity contribution >= 4 is 17.9 Å². The summed E-state index contributed by atoms with van der Waals surface area (Å²) in [6.45, 7) is 7.46.